The average Bonchev–Trinajstić information content (AvgIpc) is 2.38. The maximum absolute atomic E-state index is 5.69. The zero-order valence-corrected chi connectivity index (χ0v) is 10.4. The van der Waals surface area contributed by atoms with E-state index in [-0.39, 0.29) is 0 Å². The summed E-state index contributed by atoms with van der Waals surface area (Å²) in [6.07, 6.45) is 6.47. The maximum atomic E-state index is 5.69. The molecular weight excluding hydrogens is 202 g/mol. The van der Waals surface area contributed by atoms with E-state index in [4.69, 9.17) is 9.47 Å². The van der Waals surface area contributed by atoms with Crippen molar-refractivity contribution in [3.05, 3.63) is 0 Å². The molecule has 0 saturated carbocycles. The van der Waals surface area contributed by atoms with Crippen molar-refractivity contribution >= 4 is 0 Å². The molecule has 3 nitrogen and oxygen atoms in total. The van der Waals surface area contributed by atoms with E-state index in [9.17, 15) is 0 Å². The molecule has 0 aromatic heterocycles. The first-order chi connectivity index (χ1) is 7.88. The Balaban J connectivity index is 1.64. The number of hydrogen-bond donors (Lipinski definition) is 1. The van der Waals surface area contributed by atoms with Gasteiger partial charge in [-0.05, 0) is 44.6 Å². The predicted molar refractivity (Wildman–Crippen MR) is 64.6 cm³/mol. The molecule has 0 radical (unpaired) electrons. The van der Waals surface area contributed by atoms with E-state index < -0.39 is 0 Å². The van der Waals surface area contributed by atoms with Crippen molar-refractivity contribution < 1.29 is 9.47 Å². The molecule has 0 amide bonds. The molecule has 0 aliphatic carbocycles. The van der Waals surface area contributed by atoms with Crippen LogP contribution in [0.2, 0.25) is 0 Å². The largest absolute Gasteiger partial charge is 0.381 e. The summed E-state index contributed by atoms with van der Waals surface area (Å²) in [4.78, 5) is 0. The minimum Gasteiger partial charge on any atom is -0.381 e. The zero-order chi connectivity index (χ0) is 11.2. The fourth-order valence-electron chi connectivity index (χ4n) is 2.63. The van der Waals surface area contributed by atoms with Crippen LogP contribution in [0, 0.1) is 5.92 Å². The highest BCUT2D eigenvalue weighted by Crippen LogP contribution is 2.18. The van der Waals surface area contributed by atoms with Gasteiger partial charge in [0.25, 0.3) is 0 Å². The third kappa shape index (κ3) is 3.72. The van der Waals surface area contributed by atoms with Gasteiger partial charge in [0.15, 0.2) is 0 Å². The van der Waals surface area contributed by atoms with E-state index in [1.54, 1.807) is 0 Å². The Morgan fingerprint density at radius 1 is 1.12 bits per heavy atom. The highest BCUT2D eigenvalue weighted by atomic mass is 16.5. The fraction of sp³-hybridized carbons (Fsp3) is 1.00. The van der Waals surface area contributed by atoms with Gasteiger partial charge < -0.3 is 14.8 Å². The molecule has 0 aromatic carbocycles. The van der Waals surface area contributed by atoms with Crippen LogP contribution >= 0.6 is 0 Å². The van der Waals surface area contributed by atoms with Crippen molar-refractivity contribution in [1.82, 2.24) is 5.32 Å². The molecule has 2 aliphatic rings. The van der Waals surface area contributed by atoms with Crippen LogP contribution in [0.1, 0.15) is 39.0 Å². The molecule has 2 saturated heterocycles. The third-order valence-corrected chi connectivity index (χ3v) is 3.86. The molecular formula is C13H25NO2. The normalized spacial score (nSPS) is 32.8. The Kier molecular flexibility index (Phi) is 5.07. The van der Waals surface area contributed by atoms with Crippen LogP contribution in [0.3, 0.4) is 0 Å². The topological polar surface area (TPSA) is 30.5 Å². The second kappa shape index (κ2) is 6.58. The van der Waals surface area contributed by atoms with Gasteiger partial charge in [0.2, 0.25) is 0 Å². The van der Waals surface area contributed by atoms with E-state index in [1.165, 1.54) is 32.2 Å². The molecule has 2 heterocycles. The quantitative estimate of drug-likeness (QED) is 0.796. The van der Waals surface area contributed by atoms with Gasteiger partial charge in [0.1, 0.15) is 0 Å². The van der Waals surface area contributed by atoms with Crippen molar-refractivity contribution in [2.45, 2.75) is 51.2 Å². The van der Waals surface area contributed by atoms with Gasteiger partial charge >= 0.3 is 0 Å². The lowest BCUT2D eigenvalue weighted by Gasteiger charge is -2.31. The van der Waals surface area contributed by atoms with Gasteiger partial charge in [-0.2, -0.15) is 0 Å². The minimum absolute atomic E-state index is 0.487. The molecule has 1 N–H and O–H groups in total. The first-order valence-electron chi connectivity index (χ1n) is 6.81. The van der Waals surface area contributed by atoms with E-state index in [2.05, 4.69) is 12.2 Å². The van der Waals surface area contributed by atoms with E-state index in [1.807, 2.05) is 0 Å². The summed E-state index contributed by atoms with van der Waals surface area (Å²) in [5, 5.41) is 3.72. The molecule has 2 fully saturated rings. The molecule has 2 rings (SSSR count). The van der Waals surface area contributed by atoms with Gasteiger partial charge in [-0.25, -0.2) is 0 Å². The van der Waals surface area contributed by atoms with Gasteiger partial charge in [0.05, 0.1) is 6.10 Å². The summed E-state index contributed by atoms with van der Waals surface area (Å²) in [7, 11) is 0. The Hall–Kier alpha value is -0.120. The smallest absolute Gasteiger partial charge is 0.0587 e. The Morgan fingerprint density at radius 3 is 2.69 bits per heavy atom. The number of nitrogens with one attached hydrogen (secondary N) is 1. The second-order valence-corrected chi connectivity index (χ2v) is 5.09. The lowest BCUT2D eigenvalue weighted by atomic mass is 9.97. The molecule has 0 spiro atoms. The molecule has 2 aliphatic heterocycles. The molecule has 0 bridgehead atoms. The summed E-state index contributed by atoms with van der Waals surface area (Å²) in [6.45, 7) is 6.23. The summed E-state index contributed by atoms with van der Waals surface area (Å²) in [5.74, 6) is 0.830. The third-order valence-electron chi connectivity index (χ3n) is 3.86. The minimum atomic E-state index is 0.487. The highest BCUT2D eigenvalue weighted by molar-refractivity contribution is 4.78. The SMILES string of the molecule is CCC1CC(NCC2CCOCC2)CCO1. The molecule has 94 valence electrons. The van der Waals surface area contributed by atoms with Gasteiger partial charge in [-0.15, -0.1) is 0 Å². The molecule has 3 heteroatoms. The van der Waals surface area contributed by atoms with Crippen LogP contribution in [0.5, 0.6) is 0 Å². The van der Waals surface area contributed by atoms with Crippen molar-refractivity contribution in [3.8, 4) is 0 Å². The lowest BCUT2D eigenvalue weighted by molar-refractivity contribution is -0.00218. The van der Waals surface area contributed by atoms with Crippen LogP contribution in [0.4, 0.5) is 0 Å². The Morgan fingerprint density at radius 2 is 1.94 bits per heavy atom. The molecule has 2 unspecified atom stereocenters. The van der Waals surface area contributed by atoms with Crippen molar-refractivity contribution in [1.29, 1.82) is 0 Å². The fourth-order valence-corrected chi connectivity index (χ4v) is 2.63. The highest BCUT2D eigenvalue weighted by Gasteiger charge is 2.22. The number of rotatable bonds is 4. The number of hydrogen-bond acceptors (Lipinski definition) is 3. The summed E-state index contributed by atoms with van der Waals surface area (Å²) in [6, 6.07) is 0.682. The van der Waals surface area contributed by atoms with Gasteiger partial charge in [-0.1, -0.05) is 6.92 Å². The lowest BCUT2D eigenvalue weighted by Crippen LogP contribution is -2.41. The van der Waals surface area contributed by atoms with Crippen molar-refractivity contribution in [2.24, 2.45) is 5.92 Å². The van der Waals surface area contributed by atoms with E-state index in [0.29, 0.717) is 12.1 Å². The average molecular weight is 227 g/mol. The molecule has 16 heavy (non-hydrogen) atoms. The van der Waals surface area contributed by atoms with Crippen LogP contribution in [-0.4, -0.2) is 38.5 Å². The monoisotopic (exact) mass is 227 g/mol. The Bertz CT molecular complexity index is 192. The summed E-state index contributed by atoms with van der Waals surface area (Å²) < 4.78 is 11.1. The number of ether oxygens (including phenoxy) is 2. The zero-order valence-electron chi connectivity index (χ0n) is 10.4. The van der Waals surface area contributed by atoms with Crippen molar-refractivity contribution in [2.75, 3.05) is 26.4 Å². The summed E-state index contributed by atoms with van der Waals surface area (Å²) >= 11 is 0. The van der Waals surface area contributed by atoms with E-state index >= 15 is 0 Å². The molecule has 0 aromatic rings. The van der Waals surface area contributed by atoms with Crippen LogP contribution in [0.25, 0.3) is 0 Å². The first-order valence-corrected chi connectivity index (χ1v) is 6.81. The second-order valence-electron chi connectivity index (χ2n) is 5.09. The van der Waals surface area contributed by atoms with E-state index in [0.717, 1.165) is 32.2 Å². The van der Waals surface area contributed by atoms with Crippen LogP contribution in [0.15, 0.2) is 0 Å². The van der Waals surface area contributed by atoms with Crippen LogP contribution < -0.4 is 5.32 Å². The van der Waals surface area contributed by atoms with Gasteiger partial charge in [0, 0.05) is 25.9 Å². The maximum Gasteiger partial charge on any atom is 0.0587 e. The predicted octanol–water partition coefficient (Wildman–Crippen LogP) is 1.96. The standard InChI is InChI=1S/C13H25NO2/c1-2-13-9-12(5-8-16-13)14-10-11-3-6-15-7-4-11/h11-14H,2-10H2,1H3. The van der Waals surface area contributed by atoms with Crippen molar-refractivity contribution in [3.63, 3.8) is 0 Å². The first kappa shape index (κ1) is 12.3. The summed E-state index contributed by atoms with van der Waals surface area (Å²) in [5.41, 5.74) is 0. The van der Waals surface area contributed by atoms with Crippen LogP contribution in [-0.2, 0) is 9.47 Å². The Labute approximate surface area is 98.9 Å². The molecule has 2 atom stereocenters. The van der Waals surface area contributed by atoms with Gasteiger partial charge in [-0.3, -0.25) is 0 Å².